The second-order valence-corrected chi connectivity index (χ2v) is 7.29. The van der Waals surface area contributed by atoms with Gasteiger partial charge < -0.3 is 10.1 Å². The van der Waals surface area contributed by atoms with Crippen LogP contribution in [0.4, 0.5) is 0 Å². The van der Waals surface area contributed by atoms with Crippen LogP contribution < -0.4 is 5.32 Å². The van der Waals surface area contributed by atoms with Gasteiger partial charge in [0, 0.05) is 31.9 Å². The molecule has 1 fully saturated rings. The number of morpholine rings is 1. The van der Waals surface area contributed by atoms with Crippen LogP contribution in [0.2, 0.25) is 5.15 Å². The van der Waals surface area contributed by atoms with Gasteiger partial charge in [-0.05, 0) is 23.8 Å². The molecular formula is C22H23ClN4O2. The number of pyridine rings is 1. The van der Waals surface area contributed by atoms with E-state index in [0.29, 0.717) is 10.8 Å². The lowest BCUT2D eigenvalue weighted by molar-refractivity contribution is -0.117. The summed E-state index contributed by atoms with van der Waals surface area (Å²) in [5.41, 5.74) is 2.50. The molecule has 1 saturated heterocycles. The number of aromatic nitrogens is 2. The zero-order valence-corrected chi connectivity index (χ0v) is 16.8. The Morgan fingerprint density at radius 2 is 1.93 bits per heavy atom. The standard InChI is InChI=1S/C22H23ClN4O2/c23-22-19(27-11-5-4-8-20(27)25-22)9-10-21(28)24-18(17-6-2-1-3-7-17)16-26-12-14-29-15-13-26/h1-11,18H,12-16H2,(H,24,28)/b10-9+/t18-/m0/s1. The summed E-state index contributed by atoms with van der Waals surface area (Å²) in [5, 5.41) is 3.50. The minimum atomic E-state index is -0.172. The van der Waals surface area contributed by atoms with Gasteiger partial charge in [-0.25, -0.2) is 4.98 Å². The van der Waals surface area contributed by atoms with Crippen molar-refractivity contribution in [2.24, 2.45) is 0 Å². The number of rotatable bonds is 6. The van der Waals surface area contributed by atoms with Crippen LogP contribution in [0.5, 0.6) is 0 Å². The molecule has 1 aliphatic heterocycles. The molecule has 3 heterocycles. The quantitative estimate of drug-likeness (QED) is 0.634. The van der Waals surface area contributed by atoms with E-state index in [4.69, 9.17) is 16.3 Å². The van der Waals surface area contributed by atoms with E-state index in [0.717, 1.165) is 44.1 Å². The maximum absolute atomic E-state index is 12.7. The molecule has 1 aliphatic rings. The smallest absolute Gasteiger partial charge is 0.244 e. The van der Waals surface area contributed by atoms with Crippen LogP contribution in [0.1, 0.15) is 17.3 Å². The Labute approximate surface area is 174 Å². The van der Waals surface area contributed by atoms with Crippen molar-refractivity contribution in [3.63, 3.8) is 0 Å². The molecule has 7 heteroatoms. The van der Waals surface area contributed by atoms with Crippen molar-refractivity contribution in [1.82, 2.24) is 19.6 Å². The Bertz CT molecular complexity index is 996. The van der Waals surface area contributed by atoms with Crippen molar-refractivity contribution in [1.29, 1.82) is 0 Å². The van der Waals surface area contributed by atoms with Crippen molar-refractivity contribution in [3.8, 4) is 0 Å². The third kappa shape index (κ3) is 4.85. The number of fused-ring (bicyclic) bond motifs is 1. The summed E-state index contributed by atoms with van der Waals surface area (Å²) in [6, 6.07) is 15.6. The van der Waals surface area contributed by atoms with Crippen LogP contribution in [0.25, 0.3) is 11.7 Å². The number of halogens is 1. The summed E-state index contributed by atoms with van der Waals surface area (Å²) in [4.78, 5) is 19.3. The molecule has 0 radical (unpaired) electrons. The summed E-state index contributed by atoms with van der Waals surface area (Å²) in [5.74, 6) is -0.172. The topological polar surface area (TPSA) is 58.9 Å². The Balaban J connectivity index is 1.49. The number of amides is 1. The second kappa shape index (κ2) is 9.22. The summed E-state index contributed by atoms with van der Waals surface area (Å²) in [7, 11) is 0. The van der Waals surface area contributed by atoms with Crippen molar-refractivity contribution in [2.45, 2.75) is 6.04 Å². The molecule has 150 valence electrons. The van der Waals surface area contributed by atoms with E-state index in [9.17, 15) is 4.79 Å². The molecule has 1 atom stereocenters. The molecule has 0 saturated carbocycles. The van der Waals surface area contributed by atoms with Crippen LogP contribution >= 0.6 is 11.6 Å². The predicted molar refractivity (Wildman–Crippen MR) is 114 cm³/mol. The van der Waals surface area contributed by atoms with Gasteiger partial charge in [0.1, 0.15) is 5.65 Å². The number of hydrogen-bond acceptors (Lipinski definition) is 4. The maximum Gasteiger partial charge on any atom is 0.244 e. The van der Waals surface area contributed by atoms with Crippen molar-refractivity contribution in [3.05, 3.63) is 77.2 Å². The first-order chi connectivity index (χ1) is 14.2. The summed E-state index contributed by atoms with van der Waals surface area (Å²) in [6.07, 6.45) is 5.09. The number of ether oxygens (including phenoxy) is 1. The average molecular weight is 411 g/mol. The van der Waals surface area contributed by atoms with Crippen molar-refractivity contribution in [2.75, 3.05) is 32.8 Å². The fourth-order valence-corrected chi connectivity index (χ4v) is 3.71. The van der Waals surface area contributed by atoms with E-state index in [-0.39, 0.29) is 11.9 Å². The maximum atomic E-state index is 12.7. The molecule has 4 rings (SSSR count). The van der Waals surface area contributed by atoms with Crippen LogP contribution in [-0.4, -0.2) is 53.0 Å². The minimum absolute atomic E-state index is 0.107. The van der Waals surface area contributed by atoms with Crippen LogP contribution in [0.15, 0.2) is 60.8 Å². The van der Waals surface area contributed by atoms with Gasteiger partial charge in [-0.3, -0.25) is 14.1 Å². The molecule has 29 heavy (non-hydrogen) atoms. The van der Waals surface area contributed by atoms with Gasteiger partial charge in [-0.2, -0.15) is 0 Å². The third-order valence-electron chi connectivity index (χ3n) is 4.98. The molecule has 1 N–H and O–H groups in total. The zero-order chi connectivity index (χ0) is 20.1. The van der Waals surface area contributed by atoms with Crippen LogP contribution in [0, 0.1) is 0 Å². The van der Waals surface area contributed by atoms with Gasteiger partial charge in [0.05, 0.1) is 24.9 Å². The largest absolute Gasteiger partial charge is 0.379 e. The Morgan fingerprint density at radius 1 is 1.17 bits per heavy atom. The van der Waals surface area contributed by atoms with Gasteiger partial charge in [0.15, 0.2) is 5.15 Å². The summed E-state index contributed by atoms with van der Waals surface area (Å²) < 4.78 is 7.29. The molecule has 0 unspecified atom stereocenters. The van der Waals surface area contributed by atoms with E-state index in [1.54, 1.807) is 6.08 Å². The SMILES string of the molecule is O=C(/C=C/c1c(Cl)nc2ccccn12)N[C@@H](CN1CCOCC1)c1ccccc1. The number of nitrogens with one attached hydrogen (secondary N) is 1. The molecule has 0 bridgehead atoms. The van der Waals surface area contributed by atoms with Crippen molar-refractivity contribution < 1.29 is 9.53 Å². The highest BCUT2D eigenvalue weighted by Crippen LogP contribution is 2.19. The number of hydrogen-bond donors (Lipinski definition) is 1. The molecule has 1 amide bonds. The summed E-state index contributed by atoms with van der Waals surface area (Å²) in [6.45, 7) is 3.92. The Hall–Kier alpha value is -2.67. The van der Waals surface area contributed by atoms with Gasteiger partial charge in [-0.1, -0.05) is 48.0 Å². The second-order valence-electron chi connectivity index (χ2n) is 6.93. The molecule has 6 nitrogen and oxygen atoms in total. The lowest BCUT2D eigenvalue weighted by Crippen LogP contribution is -2.42. The van der Waals surface area contributed by atoms with Gasteiger partial charge in [0.25, 0.3) is 0 Å². The van der Waals surface area contributed by atoms with Gasteiger partial charge >= 0.3 is 0 Å². The van der Waals surface area contributed by atoms with E-state index in [2.05, 4.69) is 15.2 Å². The average Bonchev–Trinajstić information content (AvgIpc) is 3.08. The monoisotopic (exact) mass is 410 g/mol. The molecule has 3 aromatic rings. The predicted octanol–water partition coefficient (Wildman–Crippen LogP) is 3.19. The first-order valence-electron chi connectivity index (χ1n) is 9.67. The third-order valence-corrected chi connectivity index (χ3v) is 5.26. The highest BCUT2D eigenvalue weighted by atomic mass is 35.5. The van der Waals surface area contributed by atoms with Gasteiger partial charge in [-0.15, -0.1) is 0 Å². The molecule has 0 spiro atoms. The zero-order valence-electron chi connectivity index (χ0n) is 16.0. The Kier molecular flexibility index (Phi) is 6.24. The lowest BCUT2D eigenvalue weighted by Gasteiger charge is -2.31. The lowest BCUT2D eigenvalue weighted by atomic mass is 10.1. The van der Waals surface area contributed by atoms with Gasteiger partial charge in [0.2, 0.25) is 5.91 Å². The minimum Gasteiger partial charge on any atom is -0.379 e. The number of imidazole rings is 1. The van der Waals surface area contributed by atoms with E-state index in [1.165, 1.54) is 6.08 Å². The van der Waals surface area contributed by atoms with Crippen LogP contribution in [-0.2, 0) is 9.53 Å². The Morgan fingerprint density at radius 3 is 2.72 bits per heavy atom. The highest BCUT2D eigenvalue weighted by Gasteiger charge is 2.19. The van der Waals surface area contributed by atoms with Crippen molar-refractivity contribution >= 4 is 29.2 Å². The molecule has 2 aromatic heterocycles. The molecule has 1 aromatic carbocycles. The van der Waals surface area contributed by atoms with Crippen LogP contribution in [0.3, 0.4) is 0 Å². The normalized spacial score (nSPS) is 16.3. The first kappa shape index (κ1) is 19.6. The number of benzene rings is 1. The molecule has 0 aliphatic carbocycles. The fraction of sp³-hybridized carbons (Fsp3) is 0.273. The van der Waals surface area contributed by atoms with E-state index < -0.39 is 0 Å². The summed E-state index contributed by atoms with van der Waals surface area (Å²) >= 11 is 6.25. The highest BCUT2D eigenvalue weighted by molar-refractivity contribution is 6.31. The molecular weight excluding hydrogens is 388 g/mol. The number of carbonyl (C=O) groups excluding carboxylic acids is 1. The van der Waals surface area contributed by atoms with E-state index >= 15 is 0 Å². The first-order valence-corrected chi connectivity index (χ1v) is 10.0. The number of carbonyl (C=O) groups is 1. The van der Waals surface area contributed by atoms with E-state index in [1.807, 2.05) is 59.1 Å². The fourth-order valence-electron chi connectivity index (χ4n) is 3.47. The number of nitrogens with zero attached hydrogens (tertiary/aromatic N) is 3.